The normalized spacial score (nSPS) is 11.6. The van der Waals surface area contributed by atoms with E-state index < -0.39 is 15.9 Å². The molecule has 0 aliphatic carbocycles. The van der Waals surface area contributed by atoms with Crippen molar-refractivity contribution in [3.63, 3.8) is 0 Å². The fourth-order valence-corrected chi connectivity index (χ4v) is 2.82. The van der Waals surface area contributed by atoms with Gasteiger partial charge in [-0.05, 0) is 24.3 Å². The predicted octanol–water partition coefficient (Wildman–Crippen LogP) is 1.78. The Kier molecular flexibility index (Phi) is 6.06. The van der Waals surface area contributed by atoms with Crippen LogP contribution in [0.2, 0.25) is 5.02 Å². The summed E-state index contributed by atoms with van der Waals surface area (Å²) in [6.07, 6.45) is 0. The molecule has 1 amide bonds. The molecular weight excluding hydrogens is 311 g/mol. The van der Waals surface area contributed by atoms with Crippen LogP contribution in [0.25, 0.3) is 0 Å². The molecule has 0 spiro atoms. The van der Waals surface area contributed by atoms with Crippen LogP contribution in [0.15, 0.2) is 24.3 Å². The van der Waals surface area contributed by atoms with Gasteiger partial charge in [0.2, 0.25) is 15.9 Å². The van der Waals surface area contributed by atoms with Crippen LogP contribution >= 0.6 is 23.2 Å². The number of halogens is 2. The summed E-state index contributed by atoms with van der Waals surface area (Å²) in [5.74, 6) is -0.631. The highest BCUT2D eigenvalue weighted by atomic mass is 35.5. The third-order valence-electron chi connectivity index (χ3n) is 2.30. The molecule has 8 heteroatoms. The average molecular weight is 325 g/mol. The van der Waals surface area contributed by atoms with Crippen LogP contribution in [-0.4, -0.2) is 43.9 Å². The molecule has 0 heterocycles. The number of carbonyl (C=O) groups is 1. The molecule has 0 unspecified atom stereocenters. The fraction of sp³-hybridized carbons (Fsp3) is 0.364. The van der Waals surface area contributed by atoms with Crippen molar-refractivity contribution in [2.24, 2.45) is 0 Å². The zero-order valence-electron chi connectivity index (χ0n) is 10.3. The number of carbonyl (C=O) groups excluding carboxylic acids is 1. The van der Waals surface area contributed by atoms with E-state index in [2.05, 4.69) is 5.32 Å². The van der Waals surface area contributed by atoms with Gasteiger partial charge < -0.3 is 5.32 Å². The first-order valence-electron chi connectivity index (χ1n) is 5.40. The van der Waals surface area contributed by atoms with Crippen LogP contribution in [0.5, 0.6) is 0 Å². The Hall–Kier alpha value is -0.820. The molecule has 0 radical (unpaired) electrons. The highest BCUT2D eigenvalue weighted by molar-refractivity contribution is 7.89. The van der Waals surface area contributed by atoms with Gasteiger partial charge in [-0.25, -0.2) is 8.42 Å². The van der Waals surface area contributed by atoms with E-state index in [1.54, 1.807) is 24.3 Å². The number of benzene rings is 1. The minimum Gasteiger partial charge on any atom is -0.325 e. The van der Waals surface area contributed by atoms with E-state index in [9.17, 15) is 13.2 Å². The lowest BCUT2D eigenvalue weighted by atomic mass is 10.3. The lowest BCUT2D eigenvalue weighted by Crippen LogP contribution is -2.36. The van der Waals surface area contributed by atoms with Gasteiger partial charge in [0.15, 0.2) is 0 Å². The number of amides is 1. The minimum atomic E-state index is -3.48. The molecule has 0 bridgehead atoms. The molecule has 1 aromatic carbocycles. The van der Waals surface area contributed by atoms with E-state index in [-0.39, 0.29) is 18.2 Å². The molecule has 0 saturated carbocycles. The van der Waals surface area contributed by atoms with Crippen molar-refractivity contribution < 1.29 is 13.2 Å². The van der Waals surface area contributed by atoms with Gasteiger partial charge in [0.05, 0.1) is 12.3 Å². The van der Waals surface area contributed by atoms with E-state index in [0.29, 0.717) is 10.7 Å². The molecular formula is C11H14Cl2N2O3S. The molecule has 0 atom stereocenters. The number of nitrogens with zero attached hydrogens (tertiary/aromatic N) is 1. The van der Waals surface area contributed by atoms with Crippen LogP contribution in [0.3, 0.4) is 0 Å². The zero-order valence-corrected chi connectivity index (χ0v) is 12.6. The molecule has 0 saturated heterocycles. The van der Waals surface area contributed by atoms with Crippen molar-refractivity contribution in [3.05, 3.63) is 29.3 Å². The second-order valence-corrected chi connectivity index (χ2v) is 6.83. The highest BCUT2D eigenvalue weighted by Gasteiger charge is 2.19. The van der Waals surface area contributed by atoms with E-state index in [1.807, 2.05) is 0 Å². The maximum Gasteiger partial charge on any atom is 0.239 e. The van der Waals surface area contributed by atoms with Crippen LogP contribution in [0.1, 0.15) is 0 Å². The molecule has 0 fully saturated rings. The van der Waals surface area contributed by atoms with Gasteiger partial charge in [0.1, 0.15) is 0 Å². The highest BCUT2D eigenvalue weighted by Crippen LogP contribution is 2.13. The van der Waals surface area contributed by atoms with Gasteiger partial charge in [0, 0.05) is 23.6 Å². The zero-order chi connectivity index (χ0) is 14.5. The molecule has 1 N–H and O–H groups in total. The SMILES string of the molecule is CN(CC(=O)Nc1ccc(Cl)cc1)S(=O)(=O)CCCl. The third kappa shape index (κ3) is 5.36. The first-order chi connectivity index (χ1) is 8.85. The summed E-state index contributed by atoms with van der Waals surface area (Å²) in [7, 11) is -2.15. The third-order valence-corrected chi connectivity index (χ3v) is 4.77. The van der Waals surface area contributed by atoms with Gasteiger partial charge in [-0.15, -0.1) is 11.6 Å². The maximum atomic E-state index is 11.7. The van der Waals surface area contributed by atoms with E-state index >= 15 is 0 Å². The van der Waals surface area contributed by atoms with Crippen molar-refractivity contribution >= 4 is 44.8 Å². The Morgan fingerprint density at radius 2 is 1.89 bits per heavy atom. The second kappa shape index (κ2) is 7.09. The van der Waals surface area contributed by atoms with E-state index in [0.717, 1.165) is 4.31 Å². The number of hydrogen-bond acceptors (Lipinski definition) is 3. The molecule has 1 rings (SSSR count). The summed E-state index contributed by atoms with van der Waals surface area (Å²) in [6.45, 7) is -0.262. The Bertz CT molecular complexity index is 531. The fourth-order valence-electron chi connectivity index (χ4n) is 1.29. The second-order valence-electron chi connectivity index (χ2n) is 3.82. The molecule has 0 aliphatic heterocycles. The van der Waals surface area contributed by atoms with Gasteiger partial charge >= 0.3 is 0 Å². The predicted molar refractivity (Wildman–Crippen MR) is 77.2 cm³/mol. The number of rotatable bonds is 6. The molecule has 1 aromatic rings. The summed E-state index contributed by atoms with van der Waals surface area (Å²) in [4.78, 5) is 11.7. The van der Waals surface area contributed by atoms with E-state index in [4.69, 9.17) is 23.2 Å². The summed E-state index contributed by atoms with van der Waals surface area (Å²) >= 11 is 11.1. The van der Waals surface area contributed by atoms with Crippen molar-refractivity contribution in [2.45, 2.75) is 0 Å². The summed E-state index contributed by atoms with van der Waals surface area (Å²) in [5, 5.41) is 3.13. The lowest BCUT2D eigenvalue weighted by molar-refractivity contribution is -0.116. The average Bonchev–Trinajstić information content (AvgIpc) is 2.32. The van der Waals surface area contributed by atoms with Crippen LogP contribution in [0, 0.1) is 0 Å². The van der Waals surface area contributed by atoms with Crippen LogP contribution < -0.4 is 5.32 Å². The van der Waals surface area contributed by atoms with Gasteiger partial charge in [-0.2, -0.15) is 4.31 Å². The van der Waals surface area contributed by atoms with Crippen molar-refractivity contribution in [2.75, 3.05) is 30.5 Å². The smallest absolute Gasteiger partial charge is 0.239 e. The Morgan fingerprint density at radius 3 is 2.42 bits per heavy atom. The lowest BCUT2D eigenvalue weighted by Gasteiger charge is -2.16. The van der Waals surface area contributed by atoms with Crippen molar-refractivity contribution in [1.29, 1.82) is 0 Å². The molecule has 19 heavy (non-hydrogen) atoms. The number of sulfonamides is 1. The Balaban J connectivity index is 2.58. The van der Waals surface area contributed by atoms with Crippen LogP contribution in [0.4, 0.5) is 5.69 Å². The molecule has 0 aliphatic rings. The Morgan fingerprint density at radius 1 is 1.32 bits per heavy atom. The minimum absolute atomic E-state index is 0.00846. The summed E-state index contributed by atoms with van der Waals surface area (Å²) < 4.78 is 24.2. The number of anilines is 1. The molecule has 0 aromatic heterocycles. The number of nitrogens with one attached hydrogen (secondary N) is 1. The van der Waals surface area contributed by atoms with Crippen LogP contribution in [-0.2, 0) is 14.8 Å². The number of alkyl halides is 1. The van der Waals surface area contributed by atoms with Gasteiger partial charge in [-0.1, -0.05) is 11.6 Å². The molecule has 5 nitrogen and oxygen atoms in total. The number of likely N-dealkylation sites (N-methyl/N-ethyl adjacent to an activating group) is 1. The largest absolute Gasteiger partial charge is 0.325 e. The monoisotopic (exact) mass is 324 g/mol. The molecule has 106 valence electrons. The number of hydrogen-bond donors (Lipinski definition) is 1. The van der Waals surface area contributed by atoms with Gasteiger partial charge in [-0.3, -0.25) is 4.79 Å². The van der Waals surface area contributed by atoms with E-state index in [1.165, 1.54) is 7.05 Å². The standard InChI is InChI=1S/C11H14Cl2N2O3S/c1-15(19(17,18)7-6-12)8-11(16)14-10-4-2-9(13)3-5-10/h2-5H,6-8H2,1H3,(H,14,16). The van der Waals surface area contributed by atoms with Crippen molar-refractivity contribution in [3.8, 4) is 0 Å². The van der Waals surface area contributed by atoms with Crippen molar-refractivity contribution in [1.82, 2.24) is 4.31 Å². The maximum absolute atomic E-state index is 11.7. The quantitative estimate of drug-likeness (QED) is 0.811. The van der Waals surface area contributed by atoms with Gasteiger partial charge in [0.25, 0.3) is 0 Å². The first kappa shape index (κ1) is 16.2. The first-order valence-corrected chi connectivity index (χ1v) is 7.92. The topological polar surface area (TPSA) is 66.5 Å². The summed E-state index contributed by atoms with van der Waals surface area (Å²) in [5.41, 5.74) is 0.553. The summed E-state index contributed by atoms with van der Waals surface area (Å²) in [6, 6.07) is 6.53. The Labute approximate surface area is 122 Å².